The lowest BCUT2D eigenvalue weighted by Gasteiger charge is -2.36. The summed E-state index contributed by atoms with van der Waals surface area (Å²) in [4.78, 5) is 3.78. The van der Waals surface area contributed by atoms with Crippen LogP contribution in [-0.2, 0) is 6.42 Å². The number of ether oxygens (including phenoxy) is 1. The average Bonchev–Trinajstić information content (AvgIpc) is 2.67. The summed E-state index contributed by atoms with van der Waals surface area (Å²) in [5.74, 6) is 1.39. The predicted octanol–water partition coefficient (Wildman–Crippen LogP) is 5.30. The molecule has 0 N–H and O–H groups in total. The Kier molecular flexibility index (Phi) is 7.62. The van der Waals surface area contributed by atoms with Crippen molar-refractivity contribution in [3.05, 3.63) is 59.1 Å². The SMILES string of the molecule is CSc1ccc(OCC2CN(CCc3cccc(Cl)c3)CCC2S)cc1. The van der Waals surface area contributed by atoms with Gasteiger partial charge in [0.2, 0.25) is 0 Å². The van der Waals surface area contributed by atoms with Gasteiger partial charge in [-0.05, 0) is 67.6 Å². The Balaban J connectivity index is 1.49. The van der Waals surface area contributed by atoms with Gasteiger partial charge in [-0.2, -0.15) is 12.6 Å². The lowest BCUT2D eigenvalue weighted by molar-refractivity contribution is 0.137. The second-order valence-corrected chi connectivity index (χ2v) is 8.76. The highest BCUT2D eigenvalue weighted by atomic mass is 35.5. The molecule has 3 rings (SSSR count). The van der Waals surface area contributed by atoms with E-state index in [4.69, 9.17) is 29.0 Å². The molecule has 0 aromatic heterocycles. The first-order chi connectivity index (χ1) is 12.6. The van der Waals surface area contributed by atoms with Crippen molar-refractivity contribution < 1.29 is 4.74 Å². The number of piperidine rings is 1. The van der Waals surface area contributed by atoms with E-state index in [-0.39, 0.29) is 0 Å². The number of likely N-dealkylation sites (tertiary alicyclic amines) is 1. The standard InChI is InChI=1S/C21H26ClNOS2/c1-26-20-7-5-19(6-8-20)24-15-17-14-23(12-10-21(17)25)11-9-16-3-2-4-18(22)13-16/h2-8,13,17,21,25H,9-12,14-15H2,1H3. The van der Waals surface area contributed by atoms with Gasteiger partial charge in [0, 0.05) is 34.2 Å². The first-order valence-electron chi connectivity index (χ1n) is 9.06. The quantitative estimate of drug-likeness (QED) is 0.494. The van der Waals surface area contributed by atoms with Gasteiger partial charge >= 0.3 is 0 Å². The molecule has 0 amide bonds. The van der Waals surface area contributed by atoms with Crippen LogP contribution in [0.4, 0.5) is 0 Å². The van der Waals surface area contributed by atoms with Gasteiger partial charge in [0.05, 0.1) is 6.61 Å². The zero-order valence-corrected chi connectivity index (χ0v) is 17.6. The smallest absolute Gasteiger partial charge is 0.119 e. The molecular formula is C21H26ClNOS2. The number of hydrogen-bond acceptors (Lipinski definition) is 4. The van der Waals surface area contributed by atoms with Crippen molar-refractivity contribution >= 4 is 36.0 Å². The summed E-state index contributed by atoms with van der Waals surface area (Å²) in [5, 5.41) is 1.22. The van der Waals surface area contributed by atoms with Gasteiger partial charge in [0.1, 0.15) is 5.75 Å². The van der Waals surface area contributed by atoms with Crippen LogP contribution in [0.3, 0.4) is 0 Å². The molecule has 0 aliphatic carbocycles. The highest BCUT2D eigenvalue weighted by Crippen LogP contribution is 2.25. The van der Waals surface area contributed by atoms with E-state index in [1.54, 1.807) is 11.8 Å². The molecule has 1 saturated heterocycles. The third-order valence-corrected chi connectivity index (χ3v) is 6.57. The molecule has 0 bridgehead atoms. The van der Waals surface area contributed by atoms with Crippen LogP contribution in [0.5, 0.6) is 5.75 Å². The molecule has 2 aromatic rings. The Morgan fingerprint density at radius 2 is 2.04 bits per heavy atom. The van der Waals surface area contributed by atoms with Crippen LogP contribution >= 0.6 is 36.0 Å². The van der Waals surface area contributed by atoms with Crippen molar-refractivity contribution in [1.82, 2.24) is 4.90 Å². The van der Waals surface area contributed by atoms with E-state index in [0.717, 1.165) is 49.9 Å². The first kappa shape index (κ1) is 19.9. The van der Waals surface area contributed by atoms with Gasteiger partial charge in [-0.3, -0.25) is 0 Å². The summed E-state index contributed by atoms with van der Waals surface area (Å²) in [6.07, 6.45) is 4.22. The van der Waals surface area contributed by atoms with Crippen LogP contribution in [0.1, 0.15) is 12.0 Å². The minimum atomic E-state index is 0.405. The summed E-state index contributed by atoms with van der Waals surface area (Å²) < 4.78 is 6.04. The number of thiol groups is 1. The number of benzene rings is 2. The van der Waals surface area contributed by atoms with Crippen LogP contribution in [0.25, 0.3) is 0 Å². The number of hydrogen-bond donors (Lipinski definition) is 1. The molecule has 2 atom stereocenters. The fourth-order valence-corrected chi connectivity index (χ4v) is 4.23. The molecule has 1 aliphatic heterocycles. The molecule has 2 nitrogen and oxygen atoms in total. The highest BCUT2D eigenvalue weighted by Gasteiger charge is 2.27. The summed E-state index contributed by atoms with van der Waals surface area (Å²) in [5.41, 5.74) is 1.30. The van der Waals surface area contributed by atoms with Gasteiger partial charge in [-0.1, -0.05) is 23.7 Å². The monoisotopic (exact) mass is 407 g/mol. The third-order valence-electron chi connectivity index (χ3n) is 4.91. The second-order valence-electron chi connectivity index (χ2n) is 6.78. The van der Waals surface area contributed by atoms with Crippen molar-refractivity contribution in [3.8, 4) is 5.75 Å². The summed E-state index contributed by atoms with van der Waals surface area (Å²) in [7, 11) is 0. The Morgan fingerprint density at radius 1 is 1.23 bits per heavy atom. The van der Waals surface area contributed by atoms with Crippen LogP contribution in [0.2, 0.25) is 5.02 Å². The van der Waals surface area contributed by atoms with Crippen molar-refractivity contribution in [3.63, 3.8) is 0 Å². The van der Waals surface area contributed by atoms with Crippen LogP contribution in [0, 0.1) is 5.92 Å². The Hall–Kier alpha value is -0.810. The van der Waals surface area contributed by atoms with Gasteiger partial charge in [-0.25, -0.2) is 0 Å². The number of thioether (sulfide) groups is 1. The molecule has 1 fully saturated rings. The van der Waals surface area contributed by atoms with Gasteiger partial charge in [0.25, 0.3) is 0 Å². The van der Waals surface area contributed by atoms with Crippen molar-refractivity contribution in [1.29, 1.82) is 0 Å². The van der Waals surface area contributed by atoms with Gasteiger partial charge < -0.3 is 9.64 Å². The summed E-state index contributed by atoms with van der Waals surface area (Å²) in [6, 6.07) is 16.5. The molecule has 0 spiro atoms. The topological polar surface area (TPSA) is 12.5 Å². The van der Waals surface area contributed by atoms with E-state index >= 15 is 0 Å². The average molecular weight is 408 g/mol. The van der Waals surface area contributed by atoms with Crippen LogP contribution < -0.4 is 4.74 Å². The Morgan fingerprint density at radius 3 is 2.77 bits per heavy atom. The van der Waals surface area contributed by atoms with E-state index in [1.165, 1.54) is 10.5 Å². The minimum Gasteiger partial charge on any atom is -0.493 e. The molecular weight excluding hydrogens is 382 g/mol. The maximum absolute atomic E-state index is 6.09. The predicted molar refractivity (Wildman–Crippen MR) is 116 cm³/mol. The molecule has 1 heterocycles. The fraction of sp³-hybridized carbons (Fsp3) is 0.429. The molecule has 1 aliphatic rings. The maximum atomic E-state index is 6.09. The zero-order valence-electron chi connectivity index (χ0n) is 15.1. The number of rotatable bonds is 7. The maximum Gasteiger partial charge on any atom is 0.119 e. The molecule has 140 valence electrons. The molecule has 2 unspecified atom stereocenters. The second kappa shape index (κ2) is 9.93. The number of halogens is 1. The van der Waals surface area contributed by atoms with Crippen LogP contribution in [-0.4, -0.2) is 42.6 Å². The lowest BCUT2D eigenvalue weighted by Crippen LogP contribution is -2.44. The molecule has 2 aromatic carbocycles. The minimum absolute atomic E-state index is 0.405. The summed E-state index contributed by atoms with van der Waals surface area (Å²) >= 11 is 12.6. The first-order valence-corrected chi connectivity index (χ1v) is 11.2. The van der Waals surface area contributed by atoms with Gasteiger partial charge in [0.15, 0.2) is 0 Å². The zero-order chi connectivity index (χ0) is 18.4. The fourth-order valence-electron chi connectivity index (χ4n) is 3.32. The molecule has 0 saturated carbocycles. The van der Waals surface area contributed by atoms with Crippen molar-refractivity contribution in [2.24, 2.45) is 5.92 Å². The molecule has 26 heavy (non-hydrogen) atoms. The van der Waals surface area contributed by atoms with Crippen LogP contribution in [0.15, 0.2) is 53.4 Å². The third kappa shape index (κ3) is 5.85. The van der Waals surface area contributed by atoms with E-state index in [1.807, 2.05) is 12.1 Å². The Bertz CT molecular complexity index is 695. The Labute approximate surface area is 171 Å². The van der Waals surface area contributed by atoms with E-state index in [9.17, 15) is 0 Å². The van der Waals surface area contributed by atoms with E-state index in [2.05, 4.69) is 47.6 Å². The van der Waals surface area contributed by atoms with E-state index in [0.29, 0.717) is 11.2 Å². The summed E-state index contributed by atoms with van der Waals surface area (Å²) in [6.45, 7) is 3.92. The van der Waals surface area contributed by atoms with Gasteiger partial charge in [-0.15, -0.1) is 11.8 Å². The molecule has 5 heteroatoms. The number of nitrogens with zero attached hydrogens (tertiary/aromatic N) is 1. The molecule has 0 radical (unpaired) electrons. The van der Waals surface area contributed by atoms with Crippen molar-refractivity contribution in [2.45, 2.75) is 23.0 Å². The van der Waals surface area contributed by atoms with Crippen molar-refractivity contribution in [2.75, 3.05) is 32.5 Å². The van der Waals surface area contributed by atoms with E-state index < -0.39 is 0 Å². The largest absolute Gasteiger partial charge is 0.493 e. The lowest BCUT2D eigenvalue weighted by atomic mass is 9.97. The highest BCUT2D eigenvalue weighted by molar-refractivity contribution is 7.98. The normalized spacial score (nSPS) is 20.9.